The molecule has 26 heavy (non-hydrogen) atoms. The van der Waals surface area contributed by atoms with Crippen LogP contribution < -0.4 is 10.9 Å². The molecule has 136 valence electrons. The molecule has 1 N–H and O–H groups in total. The maximum absolute atomic E-state index is 12.3. The van der Waals surface area contributed by atoms with Crippen molar-refractivity contribution in [3.63, 3.8) is 0 Å². The number of nitrogens with one attached hydrogen (secondary N) is 1. The second kappa shape index (κ2) is 8.02. The van der Waals surface area contributed by atoms with Crippen molar-refractivity contribution in [1.29, 1.82) is 0 Å². The minimum absolute atomic E-state index is 0.122. The smallest absolute Gasteiger partial charge is 0.258 e. The van der Waals surface area contributed by atoms with Crippen LogP contribution in [-0.4, -0.2) is 9.38 Å². The predicted molar refractivity (Wildman–Crippen MR) is 107 cm³/mol. The average molecular weight is 370 g/mol. The Balaban J connectivity index is 1.77. The fourth-order valence-electron chi connectivity index (χ4n) is 3.06. The van der Waals surface area contributed by atoms with Gasteiger partial charge in [0.1, 0.15) is 5.65 Å². The Bertz CT molecular complexity index is 948. The van der Waals surface area contributed by atoms with Crippen LogP contribution in [0.3, 0.4) is 0 Å². The number of benzene rings is 1. The molecule has 0 aliphatic rings. The third kappa shape index (κ3) is 4.14. The summed E-state index contributed by atoms with van der Waals surface area (Å²) in [6.07, 6.45) is 2.55. The van der Waals surface area contributed by atoms with Crippen LogP contribution in [0.2, 0.25) is 5.02 Å². The molecule has 0 aliphatic heterocycles. The lowest BCUT2D eigenvalue weighted by atomic mass is 9.98. The Morgan fingerprint density at radius 2 is 1.81 bits per heavy atom. The van der Waals surface area contributed by atoms with Crippen LogP contribution in [0.15, 0.2) is 53.5 Å². The van der Waals surface area contributed by atoms with E-state index >= 15 is 0 Å². The lowest BCUT2D eigenvalue weighted by Gasteiger charge is -2.18. The molecule has 5 heteroatoms. The van der Waals surface area contributed by atoms with Crippen molar-refractivity contribution in [1.82, 2.24) is 14.7 Å². The number of rotatable bonds is 6. The van der Waals surface area contributed by atoms with E-state index in [1.165, 1.54) is 15.5 Å². The maximum Gasteiger partial charge on any atom is 0.258 e. The average Bonchev–Trinajstić information content (AvgIpc) is 2.63. The number of halogens is 1. The zero-order chi connectivity index (χ0) is 18.7. The number of aromatic nitrogens is 2. The summed E-state index contributed by atoms with van der Waals surface area (Å²) in [7, 11) is 0. The second-order valence-corrected chi connectivity index (χ2v) is 7.26. The number of hydrogen-bond acceptors (Lipinski definition) is 3. The molecule has 3 rings (SSSR count). The van der Waals surface area contributed by atoms with Crippen molar-refractivity contribution in [3.8, 4) is 0 Å². The van der Waals surface area contributed by atoms with Gasteiger partial charge in [-0.3, -0.25) is 9.20 Å². The van der Waals surface area contributed by atoms with Crippen molar-refractivity contribution in [3.05, 3.63) is 80.9 Å². The van der Waals surface area contributed by atoms with Gasteiger partial charge < -0.3 is 5.32 Å². The van der Waals surface area contributed by atoms with E-state index in [9.17, 15) is 4.79 Å². The van der Waals surface area contributed by atoms with Crippen molar-refractivity contribution < 1.29 is 0 Å². The van der Waals surface area contributed by atoms with Crippen molar-refractivity contribution in [2.45, 2.75) is 45.7 Å². The molecule has 3 aromatic rings. The summed E-state index contributed by atoms with van der Waals surface area (Å²) in [5.74, 6) is 0.528. The highest BCUT2D eigenvalue weighted by atomic mass is 35.5. The molecule has 4 nitrogen and oxygen atoms in total. The van der Waals surface area contributed by atoms with Crippen LogP contribution in [0.4, 0.5) is 0 Å². The molecule has 1 unspecified atom stereocenters. The molecule has 1 aromatic carbocycles. The van der Waals surface area contributed by atoms with Gasteiger partial charge in [0, 0.05) is 24.8 Å². The molecule has 0 aliphatic carbocycles. The van der Waals surface area contributed by atoms with E-state index in [-0.39, 0.29) is 11.6 Å². The SMILES string of the molecule is CCC(NCc1cc(=O)n2cc(Cl)ccc2n1)c1ccc(C(C)C)cc1. The fraction of sp³-hybridized carbons (Fsp3) is 0.333. The minimum Gasteiger partial charge on any atom is -0.304 e. The standard InChI is InChI=1S/C21H24ClN3O/c1-4-19(16-7-5-15(6-8-16)14(2)3)23-12-18-11-21(26)25-13-17(22)9-10-20(25)24-18/h5-11,13-14,19,23H,4,12H2,1-3H3. The van der Waals surface area contributed by atoms with Gasteiger partial charge in [-0.2, -0.15) is 0 Å². The van der Waals surface area contributed by atoms with Crippen molar-refractivity contribution in [2.75, 3.05) is 0 Å². The van der Waals surface area contributed by atoms with Gasteiger partial charge in [0.15, 0.2) is 0 Å². The molecule has 2 heterocycles. The van der Waals surface area contributed by atoms with Crippen LogP contribution in [0.1, 0.15) is 56.0 Å². The molecule has 0 spiro atoms. The first-order valence-corrected chi connectivity index (χ1v) is 9.36. The molecule has 0 amide bonds. The first-order chi connectivity index (χ1) is 12.5. The third-order valence-electron chi connectivity index (χ3n) is 4.62. The van der Waals surface area contributed by atoms with Crippen molar-refractivity contribution in [2.24, 2.45) is 0 Å². The number of fused-ring (bicyclic) bond motifs is 1. The summed E-state index contributed by atoms with van der Waals surface area (Å²) in [5.41, 5.74) is 3.80. The van der Waals surface area contributed by atoms with Gasteiger partial charge in [-0.05, 0) is 35.6 Å². The van der Waals surface area contributed by atoms with Crippen LogP contribution in [-0.2, 0) is 6.54 Å². The zero-order valence-corrected chi connectivity index (χ0v) is 16.1. The predicted octanol–water partition coefficient (Wildman–Crippen LogP) is 4.71. The fourth-order valence-corrected chi connectivity index (χ4v) is 3.22. The van der Waals surface area contributed by atoms with Gasteiger partial charge in [-0.1, -0.05) is 56.6 Å². The Hall–Kier alpha value is -2.17. The maximum atomic E-state index is 12.3. The highest BCUT2D eigenvalue weighted by Gasteiger charge is 2.11. The minimum atomic E-state index is -0.122. The molecular weight excluding hydrogens is 346 g/mol. The van der Waals surface area contributed by atoms with Gasteiger partial charge in [0.2, 0.25) is 0 Å². The topological polar surface area (TPSA) is 46.4 Å². The molecule has 2 aromatic heterocycles. The zero-order valence-electron chi connectivity index (χ0n) is 15.4. The van der Waals surface area contributed by atoms with Crippen LogP contribution in [0, 0.1) is 0 Å². The summed E-state index contributed by atoms with van der Waals surface area (Å²) in [6.45, 7) is 7.08. The number of nitrogens with zero attached hydrogens (tertiary/aromatic N) is 2. The summed E-state index contributed by atoms with van der Waals surface area (Å²) in [4.78, 5) is 16.8. The van der Waals surface area contributed by atoms with E-state index in [1.807, 2.05) is 0 Å². The first kappa shape index (κ1) is 18.6. The van der Waals surface area contributed by atoms with Crippen LogP contribution in [0.5, 0.6) is 0 Å². The first-order valence-electron chi connectivity index (χ1n) is 8.99. The molecule has 0 saturated carbocycles. The van der Waals surface area contributed by atoms with Gasteiger partial charge in [-0.15, -0.1) is 0 Å². The lowest BCUT2D eigenvalue weighted by molar-refractivity contribution is 0.514. The third-order valence-corrected chi connectivity index (χ3v) is 4.84. The van der Waals surface area contributed by atoms with E-state index in [0.29, 0.717) is 23.1 Å². The quantitative estimate of drug-likeness (QED) is 0.684. The Morgan fingerprint density at radius 3 is 2.46 bits per heavy atom. The van der Waals surface area contributed by atoms with Gasteiger partial charge in [0.05, 0.1) is 10.7 Å². The van der Waals surface area contributed by atoms with Crippen molar-refractivity contribution >= 4 is 17.2 Å². The number of pyridine rings is 1. The summed E-state index contributed by atoms with van der Waals surface area (Å²) < 4.78 is 1.47. The van der Waals surface area contributed by atoms with Gasteiger partial charge in [-0.25, -0.2) is 4.98 Å². The van der Waals surface area contributed by atoms with Gasteiger partial charge in [0.25, 0.3) is 5.56 Å². The van der Waals surface area contributed by atoms with E-state index in [0.717, 1.165) is 12.1 Å². The summed E-state index contributed by atoms with van der Waals surface area (Å²) >= 11 is 5.95. The highest BCUT2D eigenvalue weighted by Crippen LogP contribution is 2.21. The Morgan fingerprint density at radius 1 is 1.12 bits per heavy atom. The highest BCUT2D eigenvalue weighted by molar-refractivity contribution is 6.30. The normalized spacial score (nSPS) is 12.7. The van der Waals surface area contributed by atoms with E-state index in [4.69, 9.17) is 11.6 Å². The van der Waals surface area contributed by atoms with Crippen LogP contribution in [0.25, 0.3) is 5.65 Å². The number of hydrogen-bond donors (Lipinski definition) is 1. The summed E-state index contributed by atoms with van der Waals surface area (Å²) in [5, 5.41) is 4.03. The Kier molecular flexibility index (Phi) is 5.74. The molecule has 0 fully saturated rings. The second-order valence-electron chi connectivity index (χ2n) is 6.82. The molecule has 0 radical (unpaired) electrons. The van der Waals surface area contributed by atoms with E-state index < -0.39 is 0 Å². The monoisotopic (exact) mass is 369 g/mol. The molecule has 0 saturated heterocycles. The lowest BCUT2D eigenvalue weighted by Crippen LogP contribution is -2.23. The van der Waals surface area contributed by atoms with E-state index in [1.54, 1.807) is 24.4 Å². The van der Waals surface area contributed by atoms with Crippen LogP contribution >= 0.6 is 11.6 Å². The Labute approximate surface area is 158 Å². The molecular formula is C21H24ClN3O. The molecule has 0 bridgehead atoms. The van der Waals surface area contributed by atoms with E-state index in [2.05, 4.69) is 55.3 Å². The summed E-state index contributed by atoms with van der Waals surface area (Å²) in [6, 6.07) is 14.0. The largest absolute Gasteiger partial charge is 0.304 e. The molecule has 1 atom stereocenters. The van der Waals surface area contributed by atoms with Gasteiger partial charge >= 0.3 is 0 Å².